The molecule has 2 aromatic carbocycles. The number of ether oxygens (including phenoxy) is 2. The Hall–Kier alpha value is -2.49. The first-order valence-corrected chi connectivity index (χ1v) is 9.26. The van der Waals surface area contributed by atoms with Crippen molar-refractivity contribution < 1.29 is 14.3 Å². The summed E-state index contributed by atoms with van der Waals surface area (Å²) in [5.41, 5.74) is 2.52. The number of methoxy groups -OCH3 is 1. The Morgan fingerprint density at radius 2 is 1.76 bits per heavy atom. The van der Waals surface area contributed by atoms with E-state index in [-0.39, 0.29) is 29.9 Å². The molecular weight excluding hydrogens is 483 g/mol. The molecule has 0 aliphatic rings. The quantitative estimate of drug-likeness (QED) is 0.286. The van der Waals surface area contributed by atoms with E-state index in [9.17, 15) is 4.79 Å². The van der Waals surface area contributed by atoms with Crippen molar-refractivity contribution in [2.45, 2.75) is 20.4 Å². The molecule has 2 aromatic rings. The van der Waals surface area contributed by atoms with Crippen LogP contribution >= 0.6 is 24.0 Å². The highest BCUT2D eigenvalue weighted by molar-refractivity contribution is 14.0. The highest BCUT2D eigenvalue weighted by atomic mass is 127. The van der Waals surface area contributed by atoms with Crippen molar-refractivity contribution in [2.75, 3.05) is 32.6 Å². The van der Waals surface area contributed by atoms with Gasteiger partial charge in [-0.15, -0.1) is 24.0 Å². The van der Waals surface area contributed by atoms with E-state index in [1.165, 1.54) is 0 Å². The average Bonchev–Trinajstić information content (AvgIpc) is 2.72. The highest BCUT2D eigenvalue weighted by Crippen LogP contribution is 2.30. The van der Waals surface area contributed by atoms with Crippen molar-refractivity contribution >= 4 is 41.5 Å². The standard InChI is InChI=1S/C21H28N4O3.HI/c1-5-23-20(26)16-9-7-15(8-10-16)14-24-21(22-3)25-17-11-12-18(28-6-2)19(13-17)27-4;/h7-13H,5-6,14H2,1-4H3,(H,23,26)(H2,22,24,25);1H. The minimum atomic E-state index is -0.0658. The molecule has 0 spiro atoms. The number of hydrogen-bond acceptors (Lipinski definition) is 4. The predicted molar refractivity (Wildman–Crippen MR) is 128 cm³/mol. The number of nitrogens with zero attached hydrogens (tertiary/aromatic N) is 1. The lowest BCUT2D eigenvalue weighted by molar-refractivity contribution is 0.0956. The second-order valence-electron chi connectivity index (χ2n) is 5.91. The summed E-state index contributed by atoms with van der Waals surface area (Å²) < 4.78 is 10.9. The number of aliphatic imine (C=N–C) groups is 1. The summed E-state index contributed by atoms with van der Waals surface area (Å²) in [6.45, 7) is 5.59. The minimum absolute atomic E-state index is 0. The third kappa shape index (κ3) is 7.45. The number of amides is 1. The van der Waals surface area contributed by atoms with Gasteiger partial charge in [0.15, 0.2) is 17.5 Å². The van der Waals surface area contributed by atoms with Gasteiger partial charge in [0.25, 0.3) is 5.91 Å². The van der Waals surface area contributed by atoms with Gasteiger partial charge in [0, 0.05) is 37.5 Å². The van der Waals surface area contributed by atoms with Gasteiger partial charge in [0.2, 0.25) is 0 Å². The lowest BCUT2D eigenvalue weighted by Crippen LogP contribution is -2.30. The first-order valence-electron chi connectivity index (χ1n) is 9.26. The van der Waals surface area contributed by atoms with Gasteiger partial charge in [-0.3, -0.25) is 9.79 Å². The van der Waals surface area contributed by atoms with Gasteiger partial charge in [0.05, 0.1) is 13.7 Å². The zero-order valence-corrected chi connectivity index (χ0v) is 19.6. The molecule has 0 aliphatic heterocycles. The Kier molecular flexibility index (Phi) is 10.9. The fraction of sp³-hybridized carbons (Fsp3) is 0.333. The van der Waals surface area contributed by atoms with E-state index in [1.807, 2.05) is 56.3 Å². The lowest BCUT2D eigenvalue weighted by atomic mass is 10.1. The SMILES string of the molecule is CCNC(=O)c1ccc(CNC(=NC)Nc2ccc(OCC)c(OC)c2)cc1.I. The van der Waals surface area contributed by atoms with Gasteiger partial charge in [-0.1, -0.05) is 12.1 Å². The van der Waals surface area contributed by atoms with Crippen LogP contribution in [0.15, 0.2) is 47.5 Å². The van der Waals surface area contributed by atoms with Gasteiger partial charge in [-0.05, 0) is 43.7 Å². The van der Waals surface area contributed by atoms with Crippen molar-refractivity contribution in [3.8, 4) is 11.5 Å². The molecule has 0 fully saturated rings. The van der Waals surface area contributed by atoms with Crippen LogP contribution in [0.3, 0.4) is 0 Å². The summed E-state index contributed by atoms with van der Waals surface area (Å²) in [6, 6.07) is 13.1. The molecule has 0 aliphatic carbocycles. The third-order valence-electron chi connectivity index (χ3n) is 3.96. The first-order chi connectivity index (χ1) is 13.6. The Morgan fingerprint density at radius 1 is 1.03 bits per heavy atom. The average molecular weight is 512 g/mol. The molecule has 0 aromatic heterocycles. The van der Waals surface area contributed by atoms with Gasteiger partial charge < -0.3 is 25.4 Å². The monoisotopic (exact) mass is 512 g/mol. The Balaban J connectivity index is 0.00000420. The zero-order chi connectivity index (χ0) is 20.4. The van der Waals surface area contributed by atoms with Crippen LogP contribution in [0.25, 0.3) is 0 Å². The van der Waals surface area contributed by atoms with Gasteiger partial charge in [-0.25, -0.2) is 0 Å². The Labute approximate surface area is 189 Å². The molecule has 0 unspecified atom stereocenters. The van der Waals surface area contributed by atoms with Crippen LogP contribution in [0.1, 0.15) is 29.8 Å². The maximum absolute atomic E-state index is 11.8. The van der Waals surface area contributed by atoms with Crippen molar-refractivity contribution in [2.24, 2.45) is 4.99 Å². The summed E-state index contributed by atoms with van der Waals surface area (Å²) in [5, 5.41) is 9.27. The summed E-state index contributed by atoms with van der Waals surface area (Å²) in [7, 11) is 3.32. The number of rotatable bonds is 8. The molecule has 0 radical (unpaired) electrons. The predicted octanol–water partition coefficient (Wildman–Crippen LogP) is 3.65. The van der Waals surface area contributed by atoms with Crippen LogP contribution in [0.4, 0.5) is 5.69 Å². The summed E-state index contributed by atoms with van der Waals surface area (Å²) in [4.78, 5) is 16.1. The molecule has 0 saturated carbocycles. The van der Waals surface area contributed by atoms with Crippen LogP contribution in [0.2, 0.25) is 0 Å². The topological polar surface area (TPSA) is 84.0 Å². The van der Waals surface area contributed by atoms with E-state index in [2.05, 4.69) is 20.9 Å². The van der Waals surface area contributed by atoms with Crippen LogP contribution in [0, 0.1) is 0 Å². The molecule has 7 nitrogen and oxygen atoms in total. The molecule has 0 saturated heterocycles. The van der Waals surface area contributed by atoms with E-state index in [1.54, 1.807) is 14.2 Å². The molecule has 8 heteroatoms. The van der Waals surface area contributed by atoms with E-state index in [4.69, 9.17) is 9.47 Å². The largest absolute Gasteiger partial charge is 0.493 e. The van der Waals surface area contributed by atoms with Crippen LogP contribution in [-0.2, 0) is 6.54 Å². The molecule has 0 atom stereocenters. The zero-order valence-electron chi connectivity index (χ0n) is 17.2. The molecule has 158 valence electrons. The molecule has 29 heavy (non-hydrogen) atoms. The number of hydrogen-bond donors (Lipinski definition) is 3. The van der Waals surface area contributed by atoms with Gasteiger partial charge in [-0.2, -0.15) is 0 Å². The first kappa shape index (κ1) is 24.5. The lowest BCUT2D eigenvalue weighted by Gasteiger charge is -2.15. The molecule has 1 amide bonds. The normalized spacial score (nSPS) is 10.6. The maximum atomic E-state index is 11.8. The Bertz CT molecular complexity index is 810. The molecule has 2 rings (SSSR count). The van der Waals surface area contributed by atoms with Crippen molar-refractivity contribution in [1.29, 1.82) is 0 Å². The molecule has 0 bridgehead atoms. The Morgan fingerprint density at radius 3 is 2.34 bits per heavy atom. The van der Waals surface area contributed by atoms with Crippen LogP contribution < -0.4 is 25.4 Å². The summed E-state index contributed by atoms with van der Waals surface area (Å²) >= 11 is 0. The smallest absolute Gasteiger partial charge is 0.251 e. The van der Waals surface area contributed by atoms with E-state index < -0.39 is 0 Å². The fourth-order valence-corrected chi connectivity index (χ4v) is 2.56. The number of carbonyl (C=O) groups excluding carboxylic acids is 1. The minimum Gasteiger partial charge on any atom is -0.493 e. The summed E-state index contributed by atoms with van der Waals surface area (Å²) in [6.07, 6.45) is 0. The second-order valence-corrected chi connectivity index (χ2v) is 5.91. The number of halogens is 1. The number of guanidine groups is 1. The highest BCUT2D eigenvalue weighted by Gasteiger charge is 2.07. The van der Waals surface area contributed by atoms with Crippen LogP contribution in [-0.4, -0.2) is 39.2 Å². The van der Waals surface area contributed by atoms with E-state index >= 15 is 0 Å². The number of anilines is 1. The number of nitrogens with one attached hydrogen (secondary N) is 3. The molecular formula is C21H29IN4O3. The summed E-state index contributed by atoms with van der Waals surface area (Å²) in [5.74, 6) is 1.91. The van der Waals surface area contributed by atoms with Crippen molar-refractivity contribution in [3.05, 3.63) is 53.6 Å². The third-order valence-corrected chi connectivity index (χ3v) is 3.96. The van der Waals surface area contributed by atoms with Crippen molar-refractivity contribution in [1.82, 2.24) is 10.6 Å². The van der Waals surface area contributed by atoms with E-state index in [0.29, 0.717) is 42.7 Å². The van der Waals surface area contributed by atoms with Gasteiger partial charge >= 0.3 is 0 Å². The molecule has 0 heterocycles. The number of benzene rings is 2. The van der Waals surface area contributed by atoms with Crippen molar-refractivity contribution in [3.63, 3.8) is 0 Å². The van der Waals surface area contributed by atoms with E-state index in [0.717, 1.165) is 11.3 Å². The maximum Gasteiger partial charge on any atom is 0.251 e. The van der Waals surface area contributed by atoms with Crippen LogP contribution in [0.5, 0.6) is 11.5 Å². The second kappa shape index (κ2) is 12.9. The molecule has 3 N–H and O–H groups in total. The fourth-order valence-electron chi connectivity index (χ4n) is 2.56. The van der Waals surface area contributed by atoms with Gasteiger partial charge in [0.1, 0.15) is 0 Å². The number of carbonyl (C=O) groups is 1.